The van der Waals surface area contributed by atoms with Crippen molar-refractivity contribution in [1.29, 1.82) is 0 Å². The number of hydrogen-bond donors (Lipinski definition) is 4. The third-order valence-electron chi connectivity index (χ3n) is 4.61. The highest BCUT2D eigenvalue weighted by Crippen LogP contribution is 2.18. The van der Waals surface area contributed by atoms with E-state index < -0.39 is 24.0 Å². The first-order chi connectivity index (χ1) is 12.4. The Labute approximate surface area is 151 Å². The van der Waals surface area contributed by atoms with Crippen LogP contribution >= 0.6 is 0 Å². The van der Waals surface area contributed by atoms with Crippen molar-refractivity contribution in [3.05, 3.63) is 0 Å². The Morgan fingerprint density at radius 3 is 2.77 bits per heavy atom. The van der Waals surface area contributed by atoms with Gasteiger partial charge in [-0.15, -0.1) is 0 Å². The average molecular weight is 366 g/mol. The zero-order valence-corrected chi connectivity index (χ0v) is 14.6. The molecule has 0 aromatic heterocycles. The highest BCUT2D eigenvalue weighted by atomic mass is 16.2. The molecule has 2 aliphatic rings. The normalized spacial score (nSPS) is 23.2. The number of likely N-dealkylation sites (tertiary alicyclic amines) is 1. The summed E-state index contributed by atoms with van der Waals surface area (Å²) in [5, 5.41) is 5.30. The van der Waals surface area contributed by atoms with E-state index in [0.717, 1.165) is 12.7 Å². The van der Waals surface area contributed by atoms with Crippen LogP contribution in [-0.4, -0.2) is 66.1 Å². The number of nitrogens with zero attached hydrogens (tertiary/aromatic N) is 2. The summed E-state index contributed by atoms with van der Waals surface area (Å²) >= 11 is 0. The highest BCUT2D eigenvalue weighted by molar-refractivity contribution is 5.94. The van der Waals surface area contributed by atoms with Crippen LogP contribution in [0.25, 0.3) is 0 Å². The lowest BCUT2D eigenvalue weighted by Gasteiger charge is -2.27. The van der Waals surface area contributed by atoms with Crippen molar-refractivity contribution in [2.75, 3.05) is 13.1 Å². The minimum Gasteiger partial charge on any atom is -0.370 e. The van der Waals surface area contributed by atoms with Crippen LogP contribution in [0.1, 0.15) is 38.5 Å². The van der Waals surface area contributed by atoms with E-state index in [0.29, 0.717) is 45.2 Å². The minimum absolute atomic E-state index is 0.0360. The molecule has 0 aliphatic carbocycles. The Kier molecular flexibility index (Phi) is 6.93. The van der Waals surface area contributed by atoms with Crippen LogP contribution in [0, 0.1) is 0 Å². The summed E-state index contributed by atoms with van der Waals surface area (Å²) in [6, 6.07) is -1.86. The van der Waals surface area contributed by atoms with Crippen molar-refractivity contribution in [2.24, 2.45) is 16.5 Å². The number of carbonyl (C=O) groups excluding carboxylic acids is 4. The molecule has 144 valence electrons. The van der Waals surface area contributed by atoms with E-state index in [1.807, 2.05) is 0 Å². The van der Waals surface area contributed by atoms with Gasteiger partial charge in [0.15, 0.2) is 5.96 Å². The predicted molar refractivity (Wildman–Crippen MR) is 93.8 cm³/mol. The van der Waals surface area contributed by atoms with Gasteiger partial charge in [0.2, 0.25) is 17.7 Å². The molecule has 6 N–H and O–H groups in total. The third kappa shape index (κ3) is 5.17. The molecule has 26 heavy (non-hydrogen) atoms. The average Bonchev–Trinajstić information content (AvgIpc) is 3.25. The zero-order chi connectivity index (χ0) is 19.1. The molecule has 0 aromatic rings. The molecule has 0 spiro atoms. The molecule has 10 heteroatoms. The molecule has 10 nitrogen and oxygen atoms in total. The summed E-state index contributed by atoms with van der Waals surface area (Å²) in [5.74, 6) is -0.896. The highest BCUT2D eigenvalue weighted by Gasteiger charge is 2.35. The van der Waals surface area contributed by atoms with Crippen molar-refractivity contribution >= 4 is 30.0 Å². The number of amides is 3. The van der Waals surface area contributed by atoms with Gasteiger partial charge in [0.1, 0.15) is 18.4 Å². The van der Waals surface area contributed by atoms with Crippen molar-refractivity contribution < 1.29 is 19.2 Å². The molecule has 0 aromatic carbocycles. The maximum Gasteiger partial charge on any atom is 0.245 e. The second-order valence-corrected chi connectivity index (χ2v) is 6.55. The SMILES string of the molecule is NC(N)=NCCCC(NC(=O)[C@@H]1CCC(=O)N1)C(=O)N1CCC[C@H]1C=O. The van der Waals surface area contributed by atoms with Gasteiger partial charge in [-0.3, -0.25) is 19.4 Å². The maximum absolute atomic E-state index is 12.8. The van der Waals surface area contributed by atoms with Gasteiger partial charge in [0.25, 0.3) is 0 Å². The van der Waals surface area contributed by atoms with Crippen molar-refractivity contribution in [1.82, 2.24) is 15.5 Å². The number of hydrogen-bond acceptors (Lipinski definition) is 5. The van der Waals surface area contributed by atoms with Gasteiger partial charge in [0.05, 0.1) is 6.04 Å². The lowest BCUT2D eigenvalue weighted by Crippen LogP contribution is -2.53. The van der Waals surface area contributed by atoms with Crippen LogP contribution in [-0.2, 0) is 19.2 Å². The Balaban J connectivity index is 2.01. The number of guanidine groups is 1. The van der Waals surface area contributed by atoms with E-state index in [2.05, 4.69) is 15.6 Å². The third-order valence-corrected chi connectivity index (χ3v) is 4.61. The summed E-state index contributed by atoms with van der Waals surface area (Å²) in [4.78, 5) is 53.1. The van der Waals surface area contributed by atoms with Crippen molar-refractivity contribution in [3.63, 3.8) is 0 Å². The van der Waals surface area contributed by atoms with Crippen LogP contribution in [0.15, 0.2) is 4.99 Å². The molecular formula is C16H26N6O4. The number of nitrogens with two attached hydrogens (primary N) is 2. The Bertz CT molecular complexity index is 589. The van der Waals surface area contributed by atoms with Gasteiger partial charge >= 0.3 is 0 Å². The van der Waals surface area contributed by atoms with Crippen molar-refractivity contribution in [2.45, 2.75) is 56.7 Å². The van der Waals surface area contributed by atoms with E-state index in [-0.39, 0.29) is 17.8 Å². The molecule has 3 atom stereocenters. The summed E-state index contributed by atoms with van der Waals surface area (Å²) < 4.78 is 0. The van der Waals surface area contributed by atoms with E-state index in [1.165, 1.54) is 4.90 Å². The van der Waals surface area contributed by atoms with Gasteiger partial charge in [-0.25, -0.2) is 0 Å². The molecule has 0 bridgehead atoms. The molecule has 2 heterocycles. The largest absolute Gasteiger partial charge is 0.370 e. The van der Waals surface area contributed by atoms with Crippen LogP contribution in [0.5, 0.6) is 0 Å². The maximum atomic E-state index is 12.8. The summed E-state index contributed by atoms with van der Waals surface area (Å²) in [6.45, 7) is 0.821. The minimum atomic E-state index is -0.783. The first kappa shape index (κ1) is 19.7. The quantitative estimate of drug-likeness (QED) is 0.168. The number of nitrogens with one attached hydrogen (secondary N) is 2. The second-order valence-electron chi connectivity index (χ2n) is 6.55. The molecular weight excluding hydrogens is 340 g/mol. The molecule has 2 saturated heterocycles. The van der Waals surface area contributed by atoms with E-state index >= 15 is 0 Å². The number of aliphatic imine (C=N–C) groups is 1. The van der Waals surface area contributed by atoms with E-state index in [9.17, 15) is 19.2 Å². The molecule has 0 saturated carbocycles. The Morgan fingerprint density at radius 2 is 2.15 bits per heavy atom. The van der Waals surface area contributed by atoms with Crippen molar-refractivity contribution in [3.8, 4) is 0 Å². The monoisotopic (exact) mass is 366 g/mol. The lowest BCUT2D eigenvalue weighted by molar-refractivity contribution is -0.139. The van der Waals surface area contributed by atoms with Crippen LogP contribution in [0.4, 0.5) is 0 Å². The fourth-order valence-corrected chi connectivity index (χ4v) is 3.25. The van der Waals surface area contributed by atoms with Gasteiger partial charge < -0.3 is 31.8 Å². The number of carbonyl (C=O) groups is 4. The smallest absolute Gasteiger partial charge is 0.245 e. The van der Waals surface area contributed by atoms with Gasteiger partial charge in [-0.05, 0) is 32.1 Å². The van der Waals surface area contributed by atoms with E-state index in [1.54, 1.807) is 0 Å². The first-order valence-electron chi connectivity index (χ1n) is 8.83. The van der Waals surface area contributed by atoms with Gasteiger partial charge in [-0.2, -0.15) is 0 Å². The summed E-state index contributed by atoms with van der Waals surface area (Å²) in [5.41, 5.74) is 10.6. The first-order valence-corrected chi connectivity index (χ1v) is 8.83. The molecule has 2 rings (SSSR count). The van der Waals surface area contributed by atoms with Gasteiger partial charge in [0, 0.05) is 19.5 Å². The molecule has 1 unspecified atom stereocenters. The topological polar surface area (TPSA) is 160 Å². The van der Waals surface area contributed by atoms with Gasteiger partial charge in [-0.1, -0.05) is 0 Å². The Hall–Kier alpha value is -2.65. The molecule has 2 fully saturated rings. The van der Waals surface area contributed by atoms with Crippen LogP contribution in [0.2, 0.25) is 0 Å². The fraction of sp³-hybridized carbons (Fsp3) is 0.688. The zero-order valence-electron chi connectivity index (χ0n) is 14.6. The predicted octanol–water partition coefficient (Wildman–Crippen LogP) is -2.01. The lowest BCUT2D eigenvalue weighted by atomic mass is 10.1. The van der Waals surface area contributed by atoms with Crippen LogP contribution < -0.4 is 22.1 Å². The fourth-order valence-electron chi connectivity index (χ4n) is 3.25. The molecule has 0 radical (unpaired) electrons. The number of rotatable bonds is 8. The molecule has 2 aliphatic heterocycles. The number of aldehydes is 1. The van der Waals surface area contributed by atoms with Crippen LogP contribution in [0.3, 0.4) is 0 Å². The summed E-state index contributed by atoms with van der Waals surface area (Å²) in [7, 11) is 0. The molecule has 3 amide bonds. The second kappa shape index (κ2) is 9.16. The summed E-state index contributed by atoms with van der Waals surface area (Å²) in [6.07, 6.45) is 3.67. The standard InChI is InChI=1S/C16H26N6O4/c17-16(18)19-7-1-4-12(15(26)22-8-2-3-10(22)9-23)21-14(25)11-5-6-13(24)20-11/h9-12H,1-8H2,(H,20,24)(H,21,25)(H4,17,18,19)/t10-,11-,12?/m0/s1. The Morgan fingerprint density at radius 1 is 1.38 bits per heavy atom. The van der Waals surface area contributed by atoms with E-state index in [4.69, 9.17) is 11.5 Å².